The van der Waals surface area contributed by atoms with Crippen LogP contribution in [0.3, 0.4) is 0 Å². The van der Waals surface area contributed by atoms with Crippen LogP contribution in [0.5, 0.6) is 0 Å². The Labute approximate surface area is 107 Å². The van der Waals surface area contributed by atoms with Gasteiger partial charge in [-0.3, -0.25) is 4.79 Å². The van der Waals surface area contributed by atoms with Gasteiger partial charge in [0.25, 0.3) is 0 Å². The Kier molecular flexibility index (Phi) is 3.63. The molecule has 0 aliphatic carbocycles. The maximum atomic E-state index is 11.2. The van der Waals surface area contributed by atoms with Gasteiger partial charge in [-0.15, -0.1) is 11.3 Å². The van der Waals surface area contributed by atoms with E-state index in [4.69, 9.17) is 5.11 Å². The van der Waals surface area contributed by atoms with Crippen molar-refractivity contribution < 1.29 is 9.90 Å². The van der Waals surface area contributed by atoms with Crippen LogP contribution in [0, 0.1) is 5.92 Å². The lowest BCUT2D eigenvalue weighted by Crippen LogP contribution is -2.22. The molecule has 0 aliphatic rings. The smallest absolute Gasteiger partial charge is 0.317 e. The van der Waals surface area contributed by atoms with Gasteiger partial charge in [-0.25, -0.2) is 9.97 Å². The van der Waals surface area contributed by atoms with Crippen LogP contribution in [0.15, 0.2) is 22.8 Å². The summed E-state index contributed by atoms with van der Waals surface area (Å²) < 4.78 is 0.962. The van der Waals surface area contributed by atoms with Crippen LogP contribution in [0.25, 0.3) is 10.2 Å². The van der Waals surface area contributed by atoms with Crippen molar-refractivity contribution >= 4 is 39.3 Å². The predicted molar refractivity (Wildman–Crippen MR) is 69.5 cm³/mol. The molecular weight excluding hydrogens is 256 g/mol. The lowest BCUT2D eigenvalue weighted by molar-refractivity contribution is -0.137. The van der Waals surface area contributed by atoms with Crippen LogP contribution >= 0.6 is 23.1 Å². The number of hydrogen-bond donors (Lipinski definition) is 1. The molecule has 0 spiro atoms. The highest BCUT2D eigenvalue weighted by molar-refractivity contribution is 8.00. The number of aliphatic carboxylic acids is 1. The molecule has 1 N–H and O–H groups in total. The molecule has 2 aromatic rings. The van der Waals surface area contributed by atoms with Crippen LogP contribution in [0.1, 0.15) is 13.8 Å². The van der Waals surface area contributed by atoms with Crippen LogP contribution in [-0.4, -0.2) is 26.3 Å². The topological polar surface area (TPSA) is 63.1 Å². The van der Waals surface area contributed by atoms with E-state index in [0.29, 0.717) is 0 Å². The van der Waals surface area contributed by atoms with Crippen molar-refractivity contribution in [2.45, 2.75) is 24.1 Å². The summed E-state index contributed by atoms with van der Waals surface area (Å²) in [6, 6.07) is 1.91. The first-order valence-electron chi connectivity index (χ1n) is 5.17. The minimum Gasteiger partial charge on any atom is -0.480 e. The minimum absolute atomic E-state index is 0.0578. The third-order valence-electron chi connectivity index (χ3n) is 2.30. The average molecular weight is 268 g/mol. The molecule has 0 saturated carbocycles. The monoisotopic (exact) mass is 268 g/mol. The summed E-state index contributed by atoms with van der Waals surface area (Å²) >= 11 is 2.84. The van der Waals surface area contributed by atoms with E-state index in [0.717, 1.165) is 15.2 Å². The van der Waals surface area contributed by atoms with Gasteiger partial charge in [0.2, 0.25) is 0 Å². The van der Waals surface area contributed by atoms with Gasteiger partial charge in [0.1, 0.15) is 16.6 Å². The number of hydrogen-bond acceptors (Lipinski definition) is 5. The number of rotatable bonds is 4. The highest BCUT2D eigenvalue weighted by Gasteiger charge is 2.24. The maximum absolute atomic E-state index is 11.2. The van der Waals surface area contributed by atoms with Crippen molar-refractivity contribution in [2.24, 2.45) is 5.92 Å². The first-order chi connectivity index (χ1) is 8.09. The van der Waals surface area contributed by atoms with Crippen molar-refractivity contribution in [1.82, 2.24) is 9.97 Å². The van der Waals surface area contributed by atoms with Crippen molar-refractivity contribution in [2.75, 3.05) is 0 Å². The van der Waals surface area contributed by atoms with Crippen molar-refractivity contribution in [3.63, 3.8) is 0 Å². The number of carboxylic acids is 1. The third kappa shape index (κ3) is 2.58. The normalized spacial score (nSPS) is 13.1. The van der Waals surface area contributed by atoms with Gasteiger partial charge in [0.05, 0.1) is 10.2 Å². The zero-order chi connectivity index (χ0) is 12.4. The lowest BCUT2D eigenvalue weighted by atomic mass is 10.1. The van der Waals surface area contributed by atoms with Crippen molar-refractivity contribution in [1.29, 1.82) is 0 Å². The number of nitrogens with zero attached hydrogens (tertiary/aromatic N) is 2. The second-order valence-corrected chi connectivity index (χ2v) is 5.98. The molecule has 2 heterocycles. The Morgan fingerprint density at radius 2 is 2.24 bits per heavy atom. The minimum atomic E-state index is -0.798. The fourth-order valence-electron chi connectivity index (χ4n) is 1.44. The Morgan fingerprint density at radius 3 is 2.88 bits per heavy atom. The van der Waals surface area contributed by atoms with E-state index in [2.05, 4.69) is 9.97 Å². The van der Waals surface area contributed by atoms with Gasteiger partial charge in [-0.2, -0.15) is 0 Å². The van der Waals surface area contributed by atoms with E-state index in [1.54, 1.807) is 11.3 Å². The second-order valence-electron chi connectivity index (χ2n) is 3.93. The second kappa shape index (κ2) is 5.01. The van der Waals surface area contributed by atoms with E-state index >= 15 is 0 Å². The summed E-state index contributed by atoms with van der Waals surface area (Å²) in [5, 5.41) is 11.4. The van der Waals surface area contributed by atoms with Crippen LogP contribution in [0.2, 0.25) is 0 Å². The van der Waals surface area contributed by atoms with E-state index in [-0.39, 0.29) is 5.92 Å². The number of thioether (sulfide) groups is 1. The number of carboxylic acid groups (broad SMARTS) is 1. The third-order valence-corrected chi connectivity index (χ3v) is 4.87. The molecule has 1 unspecified atom stereocenters. The van der Waals surface area contributed by atoms with Gasteiger partial charge in [-0.05, 0) is 17.4 Å². The molecule has 4 nitrogen and oxygen atoms in total. The molecule has 0 aliphatic heterocycles. The summed E-state index contributed by atoms with van der Waals surface area (Å²) in [4.78, 5) is 19.5. The fraction of sp³-hybridized carbons (Fsp3) is 0.364. The van der Waals surface area contributed by atoms with E-state index in [1.807, 2.05) is 25.3 Å². The van der Waals surface area contributed by atoms with Gasteiger partial charge in [0.15, 0.2) is 0 Å². The van der Waals surface area contributed by atoms with Crippen molar-refractivity contribution in [3.8, 4) is 0 Å². The van der Waals surface area contributed by atoms with E-state index in [9.17, 15) is 4.79 Å². The molecule has 90 valence electrons. The summed E-state index contributed by atoms with van der Waals surface area (Å²) in [5.41, 5.74) is 0.875. The SMILES string of the molecule is CC(C)C(Sc1ncnc2ccsc12)C(=O)O. The summed E-state index contributed by atoms with van der Waals surface area (Å²) in [7, 11) is 0. The molecule has 6 heteroatoms. The Morgan fingerprint density at radius 1 is 1.47 bits per heavy atom. The average Bonchev–Trinajstić information content (AvgIpc) is 2.73. The molecule has 0 aromatic carbocycles. The molecule has 0 saturated heterocycles. The highest BCUT2D eigenvalue weighted by atomic mass is 32.2. The number of fused-ring (bicyclic) bond motifs is 1. The van der Waals surface area contributed by atoms with Gasteiger partial charge in [0, 0.05) is 0 Å². The first kappa shape index (κ1) is 12.3. The summed E-state index contributed by atoms with van der Waals surface area (Å²) in [5.74, 6) is -0.740. The molecule has 17 heavy (non-hydrogen) atoms. The summed E-state index contributed by atoms with van der Waals surface area (Å²) in [6.45, 7) is 3.80. The molecular formula is C11H12N2O2S2. The molecule has 0 amide bonds. The predicted octanol–water partition coefficient (Wildman–Crippen LogP) is 2.89. The Bertz CT molecular complexity index is 539. The number of aromatic nitrogens is 2. The highest BCUT2D eigenvalue weighted by Crippen LogP contribution is 2.33. The van der Waals surface area contributed by atoms with Crippen molar-refractivity contribution in [3.05, 3.63) is 17.8 Å². The first-order valence-corrected chi connectivity index (χ1v) is 6.93. The number of thiophene rings is 1. The van der Waals surface area contributed by atoms with Gasteiger partial charge in [-0.1, -0.05) is 25.6 Å². The van der Waals surface area contributed by atoms with Gasteiger partial charge < -0.3 is 5.11 Å². The van der Waals surface area contributed by atoms with Gasteiger partial charge >= 0.3 is 5.97 Å². The van der Waals surface area contributed by atoms with Crippen LogP contribution < -0.4 is 0 Å². The Hall–Kier alpha value is -1.14. The molecule has 2 rings (SSSR count). The maximum Gasteiger partial charge on any atom is 0.317 e. The fourth-order valence-corrected chi connectivity index (χ4v) is 3.39. The zero-order valence-corrected chi connectivity index (χ0v) is 11.1. The molecule has 1 atom stereocenters. The van der Waals surface area contributed by atoms with Crippen LogP contribution in [-0.2, 0) is 4.79 Å². The lowest BCUT2D eigenvalue weighted by Gasteiger charge is -2.14. The zero-order valence-electron chi connectivity index (χ0n) is 9.45. The Balaban J connectivity index is 2.34. The standard InChI is InChI=1S/C11H12N2O2S2/c1-6(2)8(11(14)15)17-10-9-7(3-4-16-9)12-5-13-10/h3-6,8H,1-2H3,(H,14,15). The van der Waals surface area contributed by atoms with E-state index < -0.39 is 11.2 Å². The summed E-state index contributed by atoms with van der Waals surface area (Å²) in [6.07, 6.45) is 1.48. The molecule has 2 aromatic heterocycles. The molecule has 0 fully saturated rings. The quantitative estimate of drug-likeness (QED) is 0.682. The molecule has 0 radical (unpaired) electrons. The van der Waals surface area contributed by atoms with E-state index in [1.165, 1.54) is 18.1 Å². The largest absolute Gasteiger partial charge is 0.480 e. The van der Waals surface area contributed by atoms with Crippen LogP contribution in [0.4, 0.5) is 0 Å². The molecule has 0 bridgehead atoms. The number of carbonyl (C=O) groups is 1.